The highest BCUT2D eigenvalue weighted by molar-refractivity contribution is 6.01. The van der Waals surface area contributed by atoms with Gasteiger partial charge in [-0.3, -0.25) is 9.59 Å². The van der Waals surface area contributed by atoms with E-state index in [1.807, 2.05) is 37.5 Å². The summed E-state index contributed by atoms with van der Waals surface area (Å²) in [4.78, 5) is 29.0. The fraction of sp³-hybridized carbons (Fsp3) is 0.417. The predicted molar refractivity (Wildman–Crippen MR) is 132 cm³/mol. The Morgan fingerprint density at radius 1 is 1.17 bits per heavy atom. The second-order valence-electron chi connectivity index (χ2n) is 9.27. The number of amides is 2. The van der Waals surface area contributed by atoms with E-state index in [-0.39, 0.29) is 41.1 Å². The Morgan fingerprint density at radius 2 is 2.00 bits per heavy atom. The number of carbonyl (C=O) groups is 2. The summed E-state index contributed by atoms with van der Waals surface area (Å²) in [5.74, 6) is -1.01. The third-order valence-corrected chi connectivity index (χ3v) is 6.81. The smallest absolute Gasteiger partial charge is 0.273 e. The van der Waals surface area contributed by atoms with Crippen LogP contribution in [0.1, 0.15) is 52.1 Å². The summed E-state index contributed by atoms with van der Waals surface area (Å²) in [6, 6.07) is 7.12. The lowest BCUT2D eigenvalue weighted by molar-refractivity contribution is -0.117. The molecule has 0 spiro atoms. The van der Waals surface area contributed by atoms with E-state index >= 15 is 0 Å². The topological polar surface area (TPSA) is 139 Å². The van der Waals surface area contributed by atoms with E-state index in [9.17, 15) is 9.59 Å². The van der Waals surface area contributed by atoms with Crippen LogP contribution in [0.3, 0.4) is 0 Å². The lowest BCUT2D eigenvalue weighted by Crippen LogP contribution is -2.32. The number of benzene rings is 1. The zero-order valence-corrected chi connectivity index (χ0v) is 19.8. The molecule has 36 heavy (non-hydrogen) atoms. The molecule has 1 saturated heterocycles. The van der Waals surface area contributed by atoms with Crippen molar-refractivity contribution in [2.45, 2.75) is 31.8 Å². The molecule has 3 N–H and O–H groups in total. The van der Waals surface area contributed by atoms with E-state index in [1.165, 1.54) is 6.07 Å². The predicted octanol–water partition coefficient (Wildman–Crippen LogP) is 2.27. The highest BCUT2D eigenvalue weighted by atomic mass is 16.5. The number of hydrogen-bond acceptors (Lipinski definition) is 9. The molecule has 2 fully saturated rings. The minimum Gasteiger partial charge on any atom is -0.377 e. The molecule has 2 aromatic heterocycles. The van der Waals surface area contributed by atoms with Crippen molar-refractivity contribution in [2.24, 2.45) is 5.92 Å². The average Bonchev–Trinajstić information content (AvgIpc) is 3.60. The number of nitrogens with one attached hydrogen (secondary N) is 3. The zero-order valence-electron chi connectivity index (χ0n) is 22.8. The minimum absolute atomic E-state index is 0.0628. The van der Waals surface area contributed by atoms with Gasteiger partial charge in [-0.2, -0.15) is 15.0 Å². The monoisotopic (exact) mass is 492 g/mol. The Bertz CT molecular complexity index is 1470. The van der Waals surface area contributed by atoms with Crippen LogP contribution < -0.4 is 20.9 Å². The lowest BCUT2D eigenvalue weighted by Gasteiger charge is -2.34. The molecule has 2 amide bonds. The molecule has 3 aliphatic rings. The molecule has 6 rings (SSSR count). The van der Waals surface area contributed by atoms with Gasteiger partial charge in [0.15, 0.2) is 11.5 Å². The van der Waals surface area contributed by atoms with Gasteiger partial charge >= 0.3 is 0 Å². The lowest BCUT2D eigenvalue weighted by atomic mass is 9.96. The number of carbonyl (C=O) groups excluding carboxylic acids is 2. The van der Waals surface area contributed by atoms with Gasteiger partial charge in [-0.1, -0.05) is 12.1 Å². The number of aromatic nitrogens is 5. The molecule has 1 saturated carbocycles. The van der Waals surface area contributed by atoms with Crippen molar-refractivity contribution in [1.82, 2.24) is 30.5 Å². The maximum absolute atomic E-state index is 12.8. The first-order chi connectivity index (χ1) is 18.6. The molecule has 4 heterocycles. The van der Waals surface area contributed by atoms with Crippen molar-refractivity contribution in [3.05, 3.63) is 35.7 Å². The van der Waals surface area contributed by atoms with E-state index in [4.69, 9.17) is 19.0 Å². The number of ether oxygens (including phenoxy) is 1. The molecule has 12 nitrogen and oxygen atoms in total. The molecule has 1 aromatic carbocycles. The van der Waals surface area contributed by atoms with Gasteiger partial charge < -0.3 is 25.6 Å². The van der Waals surface area contributed by atoms with Crippen LogP contribution in [-0.2, 0) is 9.53 Å². The van der Waals surface area contributed by atoms with E-state index in [1.54, 1.807) is 4.80 Å². The van der Waals surface area contributed by atoms with E-state index < -0.39 is 12.9 Å². The summed E-state index contributed by atoms with van der Waals surface area (Å²) in [7, 11) is 1.94. The Labute approximate surface area is 211 Å². The van der Waals surface area contributed by atoms with Crippen LogP contribution in [-0.4, -0.2) is 64.2 Å². The van der Waals surface area contributed by atoms with Crippen LogP contribution in [0.15, 0.2) is 24.3 Å². The molecule has 0 radical (unpaired) electrons. The molecule has 12 heteroatoms. The molecule has 186 valence electrons. The largest absolute Gasteiger partial charge is 0.377 e. The first kappa shape index (κ1) is 19.2. The van der Waals surface area contributed by atoms with E-state index in [2.05, 4.69) is 25.7 Å². The van der Waals surface area contributed by atoms with Crippen molar-refractivity contribution >= 4 is 34.7 Å². The summed E-state index contributed by atoms with van der Waals surface area (Å²) in [6.45, 7) is 0.456. The second-order valence-corrected chi connectivity index (χ2v) is 9.27. The van der Waals surface area contributed by atoms with Crippen molar-refractivity contribution in [3.63, 3.8) is 0 Å². The molecule has 0 bridgehead atoms. The number of rotatable bonds is 6. The van der Waals surface area contributed by atoms with Crippen molar-refractivity contribution in [3.8, 4) is 11.3 Å². The summed E-state index contributed by atoms with van der Waals surface area (Å²) in [5, 5.41) is 25.4. The van der Waals surface area contributed by atoms with Gasteiger partial charge in [-0.15, -0.1) is 10.2 Å². The summed E-state index contributed by atoms with van der Waals surface area (Å²) in [5.41, 5.74) is 3.87. The average molecular weight is 493 g/mol. The third kappa shape index (κ3) is 3.73. The van der Waals surface area contributed by atoms with Crippen LogP contribution in [0, 0.1) is 5.92 Å². The fourth-order valence-electron chi connectivity index (χ4n) is 4.41. The SMILES string of the molecule is [2H]C([2H])([2H])NC(=O)c1nnc(NC(=O)C2CC2)cc1Nc1cccc2c1N(C)[C@H](C)c1nn(C3COC3)nc1-2. The Kier molecular flexibility index (Phi) is 4.55. The zero-order chi connectivity index (χ0) is 27.5. The Hall–Kier alpha value is -4.06. The van der Waals surface area contributed by atoms with Crippen LogP contribution in [0.5, 0.6) is 0 Å². The van der Waals surface area contributed by atoms with Crippen LogP contribution in [0.2, 0.25) is 0 Å². The number of nitrogens with zero attached hydrogens (tertiary/aromatic N) is 6. The summed E-state index contributed by atoms with van der Waals surface area (Å²) in [6.07, 6.45) is 1.62. The Balaban J connectivity index is 1.39. The number of hydrogen-bond donors (Lipinski definition) is 3. The van der Waals surface area contributed by atoms with Crippen molar-refractivity contribution < 1.29 is 18.4 Å². The molecular weight excluding hydrogens is 462 g/mol. The van der Waals surface area contributed by atoms with Gasteiger partial charge in [0.25, 0.3) is 5.91 Å². The van der Waals surface area contributed by atoms with Crippen LogP contribution >= 0.6 is 0 Å². The van der Waals surface area contributed by atoms with Gasteiger partial charge in [-0.05, 0) is 25.8 Å². The first-order valence-electron chi connectivity index (χ1n) is 13.3. The third-order valence-electron chi connectivity index (χ3n) is 6.81. The van der Waals surface area contributed by atoms with Gasteiger partial charge in [0.05, 0.1) is 36.3 Å². The maximum atomic E-state index is 12.8. The van der Waals surface area contributed by atoms with Crippen LogP contribution in [0.25, 0.3) is 11.3 Å². The minimum atomic E-state index is -2.72. The van der Waals surface area contributed by atoms with E-state index in [0.29, 0.717) is 18.9 Å². The standard InChI is InChI=1S/C24H27N9O3/c1-12-19-20(31-33(30-19)14-10-36-11-14)15-5-4-6-16(22(15)32(12)3)26-17-9-18(27-23(34)13-7-8-13)28-29-21(17)24(35)25-2/h4-6,9,12-14H,7-8,10-11H2,1-3H3,(H,25,35)(H2,26,27,28,34)/t12-/m1/s1/i2D3. The van der Waals surface area contributed by atoms with Gasteiger partial charge in [0.1, 0.15) is 17.4 Å². The highest BCUT2D eigenvalue weighted by Crippen LogP contribution is 2.47. The highest BCUT2D eigenvalue weighted by Gasteiger charge is 2.35. The molecule has 2 aliphatic heterocycles. The molecule has 3 aromatic rings. The molecule has 1 atom stereocenters. The quantitative estimate of drug-likeness (QED) is 0.473. The molecular formula is C24H27N9O3. The molecule has 0 unspecified atom stereocenters. The second kappa shape index (κ2) is 8.55. The van der Waals surface area contributed by atoms with Crippen LogP contribution in [0.4, 0.5) is 22.9 Å². The maximum Gasteiger partial charge on any atom is 0.273 e. The first-order valence-corrected chi connectivity index (χ1v) is 11.8. The number of fused-ring (bicyclic) bond motifs is 3. The van der Waals surface area contributed by atoms with Gasteiger partial charge in [0, 0.05) is 35.7 Å². The van der Waals surface area contributed by atoms with Gasteiger partial charge in [-0.25, -0.2) is 0 Å². The Morgan fingerprint density at radius 3 is 2.72 bits per heavy atom. The normalized spacial score (nSPS) is 20.2. The summed E-state index contributed by atoms with van der Waals surface area (Å²) < 4.78 is 27.6. The summed E-state index contributed by atoms with van der Waals surface area (Å²) >= 11 is 0. The number of para-hydroxylation sites is 1. The number of anilines is 4. The fourth-order valence-corrected chi connectivity index (χ4v) is 4.41. The van der Waals surface area contributed by atoms with Crippen molar-refractivity contribution in [2.75, 3.05) is 42.8 Å². The molecule has 1 aliphatic carbocycles. The van der Waals surface area contributed by atoms with E-state index in [0.717, 1.165) is 35.5 Å². The van der Waals surface area contributed by atoms with Gasteiger partial charge in [0.2, 0.25) is 5.91 Å². The van der Waals surface area contributed by atoms with Crippen molar-refractivity contribution in [1.29, 1.82) is 0 Å².